The maximum absolute atomic E-state index is 12.3. The molecule has 8 nitrogen and oxygen atoms in total. The lowest BCUT2D eigenvalue weighted by molar-refractivity contribution is 0.0374. The minimum Gasteiger partial charge on any atom is -0.507 e. The van der Waals surface area contributed by atoms with E-state index in [4.69, 9.17) is 9.84 Å². The smallest absolute Gasteiger partial charge is 0.339 e. The highest BCUT2D eigenvalue weighted by molar-refractivity contribution is 6.01. The Balaban J connectivity index is 0.000000195. The Labute approximate surface area is 214 Å². The minimum absolute atomic E-state index is 0.0226. The summed E-state index contributed by atoms with van der Waals surface area (Å²) in [6, 6.07) is 21.3. The van der Waals surface area contributed by atoms with Gasteiger partial charge in [0.2, 0.25) is 0 Å². The molecule has 0 saturated carbocycles. The van der Waals surface area contributed by atoms with Crippen LogP contribution in [0, 0.1) is 0 Å². The van der Waals surface area contributed by atoms with Crippen LogP contribution in [0.5, 0.6) is 11.5 Å². The highest BCUT2D eigenvalue weighted by Gasteiger charge is 2.13. The van der Waals surface area contributed by atoms with Gasteiger partial charge in [0, 0.05) is 19.6 Å². The number of amides is 1. The van der Waals surface area contributed by atoms with Crippen LogP contribution < -0.4 is 5.32 Å². The molecule has 1 heterocycles. The van der Waals surface area contributed by atoms with Gasteiger partial charge in [0.1, 0.15) is 17.1 Å². The fourth-order valence-corrected chi connectivity index (χ4v) is 4.23. The van der Waals surface area contributed by atoms with Crippen molar-refractivity contribution < 1.29 is 29.6 Å². The van der Waals surface area contributed by atoms with Crippen LogP contribution in [0.1, 0.15) is 27.1 Å². The number of aromatic hydroxyl groups is 2. The largest absolute Gasteiger partial charge is 0.507 e. The van der Waals surface area contributed by atoms with Crippen LogP contribution >= 0.6 is 0 Å². The number of benzene rings is 4. The predicted octanol–water partition coefficient (Wildman–Crippen LogP) is 4.24. The molecule has 1 fully saturated rings. The van der Waals surface area contributed by atoms with Gasteiger partial charge >= 0.3 is 5.97 Å². The molecular weight excluding hydrogens is 472 g/mol. The first-order valence-corrected chi connectivity index (χ1v) is 12.2. The molecule has 0 bridgehead atoms. The summed E-state index contributed by atoms with van der Waals surface area (Å²) in [6.45, 7) is 5.04. The molecule has 1 aliphatic rings. The van der Waals surface area contributed by atoms with E-state index in [1.54, 1.807) is 18.2 Å². The summed E-state index contributed by atoms with van der Waals surface area (Å²) in [5, 5.41) is 34.6. The monoisotopic (exact) mass is 502 g/mol. The number of carboxylic acid groups (broad SMARTS) is 1. The Hall–Kier alpha value is -4.14. The number of fused-ring (bicyclic) bond motifs is 2. The molecule has 192 valence electrons. The third-order valence-electron chi connectivity index (χ3n) is 6.24. The molecule has 8 heteroatoms. The molecule has 0 radical (unpaired) electrons. The van der Waals surface area contributed by atoms with Crippen molar-refractivity contribution in [3.63, 3.8) is 0 Å². The van der Waals surface area contributed by atoms with Gasteiger partial charge in [-0.2, -0.15) is 0 Å². The van der Waals surface area contributed by atoms with Crippen molar-refractivity contribution in [1.29, 1.82) is 0 Å². The highest BCUT2D eigenvalue weighted by atomic mass is 16.5. The second-order valence-electron chi connectivity index (χ2n) is 8.80. The molecule has 1 saturated heterocycles. The van der Waals surface area contributed by atoms with E-state index in [1.165, 1.54) is 12.1 Å². The SMILES string of the molecule is O=C(NCCCN1CCOCC1)c1cc2ccccc2cc1O.O=C(O)c1cc2ccccc2cc1O. The van der Waals surface area contributed by atoms with Gasteiger partial charge in [-0.25, -0.2) is 4.79 Å². The number of hydrogen-bond donors (Lipinski definition) is 4. The average Bonchev–Trinajstić information content (AvgIpc) is 2.91. The van der Waals surface area contributed by atoms with Crippen molar-refractivity contribution in [3.05, 3.63) is 83.9 Å². The van der Waals surface area contributed by atoms with Gasteiger partial charge in [-0.1, -0.05) is 48.5 Å². The number of ether oxygens (including phenoxy) is 1. The number of carboxylic acids is 1. The molecule has 0 aliphatic carbocycles. The maximum Gasteiger partial charge on any atom is 0.339 e. The van der Waals surface area contributed by atoms with Crippen LogP contribution in [0.4, 0.5) is 0 Å². The van der Waals surface area contributed by atoms with E-state index < -0.39 is 5.97 Å². The summed E-state index contributed by atoms with van der Waals surface area (Å²) in [6.07, 6.45) is 0.889. The number of hydrogen-bond acceptors (Lipinski definition) is 6. The summed E-state index contributed by atoms with van der Waals surface area (Å²) >= 11 is 0. The van der Waals surface area contributed by atoms with E-state index >= 15 is 0 Å². The summed E-state index contributed by atoms with van der Waals surface area (Å²) in [5.74, 6) is -1.52. The molecule has 1 aliphatic heterocycles. The van der Waals surface area contributed by atoms with Crippen LogP contribution in [0.15, 0.2) is 72.8 Å². The van der Waals surface area contributed by atoms with E-state index in [2.05, 4.69) is 10.2 Å². The van der Waals surface area contributed by atoms with Crippen molar-refractivity contribution >= 4 is 33.4 Å². The Kier molecular flexibility index (Phi) is 8.56. The Morgan fingerprint density at radius 2 is 1.27 bits per heavy atom. The van der Waals surface area contributed by atoms with Crippen molar-refractivity contribution in [3.8, 4) is 11.5 Å². The first kappa shape index (κ1) is 25.9. The summed E-state index contributed by atoms with van der Waals surface area (Å²) in [7, 11) is 0. The van der Waals surface area contributed by atoms with Gasteiger partial charge < -0.3 is 25.4 Å². The van der Waals surface area contributed by atoms with E-state index in [-0.39, 0.29) is 23.0 Å². The maximum atomic E-state index is 12.3. The normalized spacial score (nSPS) is 13.6. The zero-order chi connectivity index (χ0) is 26.2. The topological polar surface area (TPSA) is 119 Å². The number of nitrogens with zero attached hydrogens (tertiary/aromatic N) is 1. The average molecular weight is 503 g/mol. The lowest BCUT2D eigenvalue weighted by Crippen LogP contribution is -2.38. The number of aromatic carboxylic acids is 1. The lowest BCUT2D eigenvalue weighted by atomic mass is 10.1. The second kappa shape index (κ2) is 12.2. The van der Waals surface area contributed by atoms with Crippen LogP contribution in [-0.2, 0) is 4.74 Å². The predicted molar refractivity (Wildman–Crippen MR) is 142 cm³/mol. The first-order chi connectivity index (χ1) is 17.9. The fraction of sp³-hybridized carbons (Fsp3) is 0.241. The van der Waals surface area contributed by atoms with Gasteiger partial charge in [0.15, 0.2) is 0 Å². The molecule has 37 heavy (non-hydrogen) atoms. The van der Waals surface area contributed by atoms with Crippen molar-refractivity contribution in [2.24, 2.45) is 0 Å². The van der Waals surface area contributed by atoms with E-state index in [0.29, 0.717) is 12.1 Å². The molecule has 0 spiro atoms. The van der Waals surface area contributed by atoms with Crippen LogP contribution in [-0.4, -0.2) is 71.5 Å². The van der Waals surface area contributed by atoms with Crippen molar-refractivity contribution in [1.82, 2.24) is 10.2 Å². The van der Waals surface area contributed by atoms with E-state index in [1.807, 2.05) is 42.5 Å². The number of nitrogens with one attached hydrogen (secondary N) is 1. The van der Waals surface area contributed by atoms with Gasteiger partial charge in [-0.3, -0.25) is 9.69 Å². The first-order valence-electron chi connectivity index (χ1n) is 12.2. The molecule has 1 amide bonds. The Bertz CT molecular complexity index is 1400. The van der Waals surface area contributed by atoms with Gasteiger partial charge in [0.05, 0.1) is 18.8 Å². The molecule has 4 aromatic carbocycles. The molecule has 4 aromatic rings. The third kappa shape index (κ3) is 6.75. The Morgan fingerprint density at radius 3 is 1.81 bits per heavy atom. The number of carbonyl (C=O) groups excluding carboxylic acids is 1. The number of rotatable bonds is 6. The number of phenols is 2. The summed E-state index contributed by atoms with van der Waals surface area (Å²) < 4.78 is 5.31. The molecule has 5 rings (SSSR count). The second-order valence-corrected chi connectivity index (χ2v) is 8.80. The van der Waals surface area contributed by atoms with Gasteiger partial charge in [0.25, 0.3) is 5.91 Å². The van der Waals surface area contributed by atoms with Crippen molar-refractivity contribution in [2.75, 3.05) is 39.4 Å². The van der Waals surface area contributed by atoms with Crippen LogP contribution in [0.25, 0.3) is 21.5 Å². The van der Waals surface area contributed by atoms with Crippen LogP contribution in [0.2, 0.25) is 0 Å². The van der Waals surface area contributed by atoms with Gasteiger partial charge in [-0.15, -0.1) is 0 Å². The molecule has 0 unspecified atom stereocenters. The quantitative estimate of drug-likeness (QED) is 0.291. The molecule has 0 atom stereocenters. The van der Waals surface area contributed by atoms with Crippen LogP contribution in [0.3, 0.4) is 0 Å². The van der Waals surface area contributed by atoms with E-state index in [0.717, 1.165) is 60.8 Å². The molecular formula is C29H30N2O6. The zero-order valence-electron chi connectivity index (χ0n) is 20.4. The fourth-order valence-electron chi connectivity index (χ4n) is 4.23. The summed E-state index contributed by atoms with van der Waals surface area (Å²) in [4.78, 5) is 25.3. The standard InChI is InChI=1S/C18H22N2O3.C11H8O3/c21-17-13-15-5-2-1-4-14(15)12-16(17)18(22)19-6-3-7-20-8-10-23-11-9-20;12-10-6-8-4-2-1-3-7(8)5-9(10)11(13)14/h1-2,4-5,12-13,21H,3,6-11H2,(H,19,22);1-6,12H,(H,13,14). The highest BCUT2D eigenvalue weighted by Crippen LogP contribution is 2.25. The molecule has 0 aromatic heterocycles. The minimum atomic E-state index is -1.12. The Morgan fingerprint density at radius 1 is 0.784 bits per heavy atom. The number of phenolic OH excluding ortho intramolecular Hbond substituents is 1. The zero-order valence-corrected chi connectivity index (χ0v) is 20.4. The van der Waals surface area contributed by atoms with E-state index in [9.17, 15) is 19.8 Å². The summed E-state index contributed by atoms with van der Waals surface area (Å²) in [5.41, 5.74) is 0.263. The molecule has 4 N–H and O–H groups in total. The van der Waals surface area contributed by atoms with Gasteiger partial charge in [-0.05, 0) is 58.8 Å². The third-order valence-corrected chi connectivity index (χ3v) is 6.24. The number of morpholine rings is 1. The number of carbonyl (C=O) groups is 2. The van der Waals surface area contributed by atoms with Crippen molar-refractivity contribution in [2.45, 2.75) is 6.42 Å². The lowest BCUT2D eigenvalue weighted by Gasteiger charge is -2.26.